The molecule has 0 aliphatic heterocycles. The highest BCUT2D eigenvalue weighted by atomic mass is 16.3. The van der Waals surface area contributed by atoms with Crippen molar-refractivity contribution in [3.8, 4) is 0 Å². The van der Waals surface area contributed by atoms with Gasteiger partial charge in [-0.1, -0.05) is 54.4 Å². The molecule has 144 valence electrons. The summed E-state index contributed by atoms with van der Waals surface area (Å²) in [5, 5.41) is 18.5. The van der Waals surface area contributed by atoms with E-state index < -0.39 is 0 Å². The molecule has 0 radical (unpaired) electrons. The summed E-state index contributed by atoms with van der Waals surface area (Å²) in [6.45, 7) is 14.5. The van der Waals surface area contributed by atoms with Gasteiger partial charge in [0.05, 0.1) is 0 Å². The molecule has 0 saturated heterocycles. The summed E-state index contributed by atoms with van der Waals surface area (Å²) in [6.07, 6.45) is 7.84. The minimum Gasteiger partial charge on any atom is -0.396 e. The van der Waals surface area contributed by atoms with Crippen LogP contribution in [-0.4, -0.2) is 23.4 Å². The predicted molar refractivity (Wildman–Crippen MR) is 104 cm³/mol. The maximum Gasteiger partial charge on any atom is 0.0462 e. The zero-order valence-electron chi connectivity index (χ0n) is 17.2. The first-order chi connectivity index (χ1) is 11.3. The zero-order chi connectivity index (χ0) is 18.3. The molecule has 2 heteroatoms. The van der Waals surface area contributed by atoms with Crippen LogP contribution in [0.25, 0.3) is 0 Å². The van der Waals surface area contributed by atoms with Gasteiger partial charge >= 0.3 is 0 Å². The van der Waals surface area contributed by atoms with E-state index in [1.54, 1.807) is 0 Å². The molecule has 2 fully saturated rings. The first-order valence-corrected chi connectivity index (χ1v) is 10.5. The van der Waals surface area contributed by atoms with Crippen LogP contribution >= 0.6 is 0 Å². The molecule has 24 heavy (non-hydrogen) atoms. The fourth-order valence-corrected chi connectivity index (χ4v) is 5.22. The Morgan fingerprint density at radius 3 is 1.25 bits per heavy atom. The average molecular weight is 341 g/mol. The van der Waals surface area contributed by atoms with Crippen molar-refractivity contribution in [2.24, 2.45) is 47.3 Å². The molecule has 6 atom stereocenters. The van der Waals surface area contributed by atoms with Gasteiger partial charge in [-0.15, -0.1) is 0 Å². The second-order valence-electron chi connectivity index (χ2n) is 9.54. The Morgan fingerprint density at radius 1 is 0.667 bits per heavy atom. The molecule has 2 aliphatic carbocycles. The fourth-order valence-electron chi connectivity index (χ4n) is 5.22. The van der Waals surface area contributed by atoms with Crippen molar-refractivity contribution < 1.29 is 10.2 Å². The Morgan fingerprint density at radius 2 is 1.00 bits per heavy atom. The van der Waals surface area contributed by atoms with Gasteiger partial charge in [-0.25, -0.2) is 0 Å². The first-order valence-electron chi connectivity index (χ1n) is 10.5. The highest BCUT2D eigenvalue weighted by Crippen LogP contribution is 2.38. The molecule has 6 unspecified atom stereocenters. The number of aliphatic hydroxyl groups is 2. The van der Waals surface area contributed by atoms with Crippen LogP contribution in [0.5, 0.6) is 0 Å². The summed E-state index contributed by atoms with van der Waals surface area (Å²) in [5.41, 5.74) is 0. The molecular weight excluding hydrogens is 296 g/mol. The summed E-state index contributed by atoms with van der Waals surface area (Å²) < 4.78 is 0. The van der Waals surface area contributed by atoms with Crippen LogP contribution in [0.15, 0.2) is 0 Å². The highest BCUT2D eigenvalue weighted by molar-refractivity contribution is 4.80. The van der Waals surface area contributed by atoms with Crippen LogP contribution in [-0.2, 0) is 0 Å². The molecule has 0 spiro atoms. The standard InChI is InChI=1S/2C11H22O/c2*1-8(2)11-5-4-9(3)6-10(11)7-12/h2*8-12H,4-7H2,1-3H3. The molecule has 2 rings (SSSR count). The third kappa shape index (κ3) is 6.67. The molecule has 2 aliphatic rings. The van der Waals surface area contributed by atoms with E-state index in [2.05, 4.69) is 41.5 Å². The van der Waals surface area contributed by atoms with Crippen molar-refractivity contribution in [2.45, 2.75) is 80.1 Å². The smallest absolute Gasteiger partial charge is 0.0462 e. The second-order valence-corrected chi connectivity index (χ2v) is 9.54. The minimum absolute atomic E-state index is 0.396. The second kappa shape index (κ2) is 10.8. The topological polar surface area (TPSA) is 40.5 Å². The lowest BCUT2D eigenvalue weighted by molar-refractivity contribution is 0.0834. The van der Waals surface area contributed by atoms with Gasteiger partial charge in [0.1, 0.15) is 0 Å². The van der Waals surface area contributed by atoms with Gasteiger partial charge in [-0.05, 0) is 73.0 Å². The number of rotatable bonds is 4. The van der Waals surface area contributed by atoms with Crippen LogP contribution in [0.1, 0.15) is 80.1 Å². The molecular formula is C22H44O2. The fraction of sp³-hybridized carbons (Fsp3) is 1.00. The van der Waals surface area contributed by atoms with Crippen molar-refractivity contribution in [3.63, 3.8) is 0 Å². The summed E-state index contributed by atoms with van der Waals surface area (Å²) >= 11 is 0. The normalized spacial score (nSPS) is 37.2. The van der Waals surface area contributed by atoms with Crippen LogP contribution in [0, 0.1) is 47.3 Å². The van der Waals surface area contributed by atoms with E-state index in [4.69, 9.17) is 0 Å². The van der Waals surface area contributed by atoms with Crippen molar-refractivity contribution in [2.75, 3.05) is 13.2 Å². The van der Waals surface area contributed by atoms with Crippen molar-refractivity contribution in [1.82, 2.24) is 0 Å². The summed E-state index contributed by atoms with van der Waals surface area (Å²) in [6, 6.07) is 0. The van der Waals surface area contributed by atoms with Crippen molar-refractivity contribution in [3.05, 3.63) is 0 Å². The number of hydrogen-bond acceptors (Lipinski definition) is 2. The first kappa shape index (κ1) is 22.0. The zero-order valence-corrected chi connectivity index (χ0v) is 17.2. The molecule has 0 heterocycles. The predicted octanol–water partition coefficient (Wildman–Crippen LogP) is 5.37. The van der Waals surface area contributed by atoms with Gasteiger partial charge in [0.2, 0.25) is 0 Å². The van der Waals surface area contributed by atoms with E-state index in [0.29, 0.717) is 25.0 Å². The Kier molecular flexibility index (Phi) is 9.89. The molecule has 0 bridgehead atoms. The van der Waals surface area contributed by atoms with E-state index in [-0.39, 0.29) is 0 Å². The van der Waals surface area contributed by atoms with Gasteiger partial charge in [-0.3, -0.25) is 0 Å². The quantitative estimate of drug-likeness (QED) is 0.722. The molecule has 2 nitrogen and oxygen atoms in total. The van der Waals surface area contributed by atoms with E-state index in [0.717, 1.165) is 35.5 Å². The van der Waals surface area contributed by atoms with Crippen molar-refractivity contribution >= 4 is 0 Å². The lowest BCUT2D eigenvalue weighted by Crippen LogP contribution is -2.29. The van der Waals surface area contributed by atoms with Gasteiger partial charge < -0.3 is 10.2 Å². The monoisotopic (exact) mass is 340 g/mol. The number of hydrogen-bond donors (Lipinski definition) is 2. The van der Waals surface area contributed by atoms with E-state index in [9.17, 15) is 10.2 Å². The Balaban J connectivity index is 0.000000240. The lowest BCUT2D eigenvalue weighted by atomic mass is 9.70. The van der Waals surface area contributed by atoms with Crippen LogP contribution in [0.2, 0.25) is 0 Å². The summed E-state index contributed by atoms with van der Waals surface area (Å²) in [7, 11) is 0. The van der Waals surface area contributed by atoms with E-state index in [1.807, 2.05) is 0 Å². The maximum atomic E-state index is 9.23. The third-order valence-electron chi connectivity index (χ3n) is 6.79. The van der Waals surface area contributed by atoms with Gasteiger partial charge in [0, 0.05) is 13.2 Å². The van der Waals surface area contributed by atoms with Crippen molar-refractivity contribution in [1.29, 1.82) is 0 Å². The summed E-state index contributed by atoms with van der Waals surface area (Å²) in [5.74, 6) is 5.85. The highest BCUT2D eigenvalue weighted by Gasteiger charge is 2.30. The van der Waals surface area contributed by atoms with E-state index in [1.165, 1.54) is 38.5 Å². The Labute approximate surface area is 151 Å². The molecule has 0 aromatic rings. The lowest BCUT2D eigenvalue weighted by Gasteiger charge is -2.36. The summed E-state index contributed by atoms with van der Waals surface area (Å²) in [4.78, 5) is 0. The minimum atomic E-state index is 0.396. The third-order valence-corrected chi connectivity index (χ3v) is 6.79. The van der Waals surface area contributed by atoms with Crippen LogP contribution in [0.3, 0.4) is 0 Å². The molecule has 0 amide bonds. The van der Waals surface area contributed by atoms with E-state index >= 15 is 0 Å². The molecule has 0 aromatic carbocycles. The Bertz CT molecular complexity index is 294. The van der Waals surface area contributed by atoms with Crippen LogP contribution < -0.4 is 0 Å². The molecule has 2 N–H and O–H groups in total. The molecule has 0 aromatic heterocycles. The average Bonchev–Trinajstić information content (AvgIpc) is 2.54. The van der Waals surface area contributed by atoms with Gasteiger partial charge in [-0.2, -0.15) is 0 Å². The molecule has 2 saturated carbocycles. The largest absolute Gasteiger partial charge is 0.396 e. The SMILES string of the molecule is CC1CCC(C(C)C)C(CO)C1.CC1CCC(C(C)C)C(CO)C1. The number of aliphatic hydroxyl groups excluding tert-OH is 2. The van der Waals surface area contributed by atoms with Gasteiger partial charge in [0.15, 0.2) is 0 Å². The van der Waals surface area contributed by atoms with Crippen LogP contribution in [0.4, 0.5) is 0 Å². The maximum absolute atomic E-state index is 9.23. The van der Waals surface area contributed by atoms with Gasteiger partial charge in [0.25, 0.3) is 0 Å². The Hall–Kier alpha value is -0.0800.